The molecular formula is C22H22BrNO5. The topological polar surface area (TPSA) is 66.3 Å². The number of methoxy groups -OCH3 is 2. The molecule has 0 atom stereocenters. The lowest BCUT2D eigenvalue weighted by molar-refractivity contribution is -0.129. The molecule has 3 rings (SSSR count). The number of ether oxygens (including phenoxy) is 4. The second kappa shape index (κ2) is 9.60. The number of cyclic esters (lactones) is 1. The van der Waals surface area contributed by atoms with Crippen molar-refractivity contribution >= 4 is 33.9 Å². The highest BCUT2D eigenvalue weighted by molar-refractivity contribution is 9.10. The zero-order valence-electron chi connectivity index (χ0n) is 16.5. The fraction of sp³-hybridized carbons (Fsp3) is 0.273. The van der Waals surface area contributed by atoms with Gasteiger partial charge >= 0.3 is 5.97 Å². The Bertz CT molecular complexity index is 950. The highest BCUT2D eigenvalue weighted by atomic mass is 79.9. The van der Waals surface area contributed by atoms with E-state index >= 15 is 0 Å². The minimum absolute atomic E-state index is 0.212. The average molecular weight is 460 g/mol. The van der Waals surface area contributed by atoms with Crippen LogP contribution >= 0.6 is 15.9 Å². The van der Waals surface area contributed by atoms with E-state index in [1.807, 2.05) is 6.07 Å². The van der Waals surface area contributed by atoms with Crippen LogP contribution in [0.3, 0.4) is 0 Å². The van der Waals surface area contributed by atoms with Gasteiger partial charge in [0.2, 0.25) is 5.90 Å². The van der Waals surface area contributed by atoms with E-state index in [2.05, 4.69) is 27.8 Å². The van der Waals surface area contributed by atoms with E-state index in [0.29, 0.717) is 29.4 Å². The molecule has 0 aliphatic carbocycles. The van der Waals surface area contributed by atoms with Crippen molar-refractivity contribution in [2.75, 3.05) is 20.8 Å². The molecule has 0 spiro atoms. The first-order chi connectivity index (χ1) is 14.0. The quantitative estimate of drug-likeness (QED) is 0.316. The number of aliphatic imine (C=N–C) groups is 1. The first kappa shape index (κ1) is 20.9. The van der Waals surface area contributed by atoms with E-state index in [-0.39, 0.29) is 11.6 Å². The zero-order chi connectivity index (χ0) is 20.8. The normalized spacial score (nSPS) is 14.6. The highest BCUT2D eigenvalue weighted by Gasteiger charge is 2.24. The third kappa shape index (κ3) is 4.98. The lowest BCUT2D eigenvalue weighted by Gasteiger charge is -2.13. The number of hydrogen-bond donors (Lipinski definition) is 0. The van der Waals surface area contributed by atoms with Gasteiger partial charge in [0, 0.05) is 5.56 Å². The molecule has 0 unspecified atom stereocenters. The SMILES string of the molecule is CCCCOc1c(Br)cc(/C=C2\N=C(c3ccc(OC)cc3)OC2=O)cc1OC. The molecule has 0 saturated heterocycles. The molecule has 1 heterocycles. The smallest absolute Gasteiger partial charge is 0.363 e. The van der Waals surface area contributed by atoms with Gasteiger partial charge in [0.15, 0.2) is 17.2 Å². The van der Waals surface area contributed by atoms with Crippen molar-refractivity contribution in [2.45, 2.75) is 19.8 Å². The molecule has 2 aromatic rings. The van der Waals surface area contributed by atoms with Crippen LogP contribution in [0.5, 0.6) is 17.2 Å². The Balaban J connectivity index is 1.87. The molecule has 1 aliphatic rings. The first-order valence-electron chi connectivity index (χ1n) is 9.23. The number of unbranched alkanes of at least 4 members (excludes halogenated alkanes) is 1. The molecule has 0 bridgehead atoms. The molecule has 0 amide bonds. The van der Waals surface area contributed by atoms with Gasteiger partial charge in [-0.25, -0.2) is 9.79 Å². The summed E-state index contributed by atoms with van der Waals surface area (Å²) in [5, 5.41) is 0. The predicted molar refractivity (Wildman–Crippen MR) is 115 cm³/mol. The van der Waals surface area contributed by atoms with Crippen LogP contribution in [-0.4, -0.2) is 32.7 Å². The predicted octanol–water partition coefficient (Wildman–Crippen LogP) is 4.99. The summed E-state index contributed by atoms with van der Waals surface area (Å²) < 4.78 is 22.5. The maximum absolute atomic E-state index is 12.3. The third-order valence-electron chi connectivity index (χ3n) is 4.26. The third-order valence-corrected chi connectivity index (χ3v) is 4.85. The number of benzene rings is 2. The molecule has 1 aliphatic heterocycles. The van der Waals surface area contributed by atoms with Crippen LogP contribution in [0.15, 0.2) is 51.6 Å². The van der Waals surface area contributed by atoms with Crippen LogP contribution in [0.1, 0.15) is 30.9 Å². The van der Waals surface area contributed by atoms with Crippen molar-refractivity contribution in [1.82, 2.24) is 0 Å². The second-order valence-corrected chi connectivity index (χ2v) is 7.16. The summed E-state index contributed by atoms with van der Waals surface area (Å²) in [6.07, 6.45) is 3.65. The summed E-state index contributed by atoms with van der Waals surface area (Å²) in [4.78, 5) is 16.6. The van der Waals surface area contributed by atoms with E-state index in [1.165, 1.54) is 0 Å². The Morgan fingerprint density at radius 1 is 1.14 bits per heavy atom. The maximum atomic E-state index is 12.3. The van der Waals surface area contributed by atoms with Gasteiger partial charge in [-0.05, 0) is 70.4 Å². The molecule has 0 radical (unpaired) electrons. The number of hydrogen-bond acceptors (Lipinski definition) is 6. The lowest BCUT2D eigenvalue weighted by Crippen LogP contribution is -2.05. The number of rotatable bonds is 8. The van der Waals surface area contributed by atoms with E-state index in [4.69, 9.17) is 18.9 Å². The van der Waals surface area contributed by atoms with Crippen LogP contribution in [0.25, 0.3) is 6.08 Å². The lowest BCUT2D eigenvalue weighted by atomic mass is 10.1. The van der Waals surface area contributed by atoms with Gasteiger partial charge in [-0.1, -0.05) is 13.3 Å². The van der Waals surface area contributed by atoms with E-state index in [9.17, 15) is 4.79 Å². The van der Waals surface area contributed by atoms with Gasteiger partial charge in [-0.15, -0.1) is 0 Å². The summed E-state index contributed by atoms with van der Waals surface area (Å²) in [6, 6.07) is 10.8. The zero-order valence-corrected chi connectivity index (χ0v) is 18.1. The summed E-state index contributed by atoms with van der Waals surface area (Å²) in [5.41, 5.74) is 1.65. The standard InChI is InChI=1S/C22H22BrNO5/c1-4-5-10-28-20-17(23)11-14(13-19(20)27-3)12-18-22(25)29-21(24-18)15-6-8-16(26-2)9-7-15/h6-9,11-13H,4-5,10H2,1-3H3/b18-12-. The first-order valence-corrected chi connectivity index (χ1v) is 10.0. The van der Waals surface area contributed by atoms with Crippen molar-refractivity contribution in [3.63, 3.8) is 0 Å². The summed E-state index contributed by atoms with van der Waals surface area (Å²) in [7, 11) is 3.17. The fourth-order valence-electron chi connectivity index (χ4n) is 2.71. The van der Waals surface area contributed by atoms with Crippen LogP contribution in [0, 0.1) is 0 Å². The van der Waals surface area contributed by atoms with Crippen molar-refractivity contribution in [3.05, 3.63) is 57.7 Å². The largest absolute Gasteiger partial charge is 0.497 e. The average Bonchev–Trinajstić information content (AvgIpc) is 3.09. The number of esters is 1. The minimum Gasteiger partial charge on any atom is -0.497 e. The van der Waals surface area contributed by atoms with Crippen LogP contribution in [-0.2, 0) is 9.53 Å². The fourth-order valence-corrected chi connectivity index (χ4v) is 3.28. The van der Waals surface area contributed by atoms with Gasteiger partial charge in [-0.3, -0.25) is 0 Å². The van der Waals surface area contributed by atoms with Gasteiger partial charge in [0.25, 0.3) is 0 Å². The molecule has 0 aromatic heterocycles. The number of carbonyl (C=O) groups excluding carboxylic acids is 1. The Kier molecular flexibility index (Phi) is 6.93. The molecule has 0 N–H and O–H groups in total. The summed E-state index contributed by atoms with van der Waals surface area (Å²) in [5.74, 6) is 1.68. The molecule has 7 heteroatoms. The number of carbonyl (C=O) groups is 1. The minimum atomic E-state index is -0.505. The molecule has 2 aromatic carbocycles. The van der Waals surface area contributed by atoms with Crippen molar-refractivity contribution in [2.24, 2.45) is 4.99 Å². The second-order valence-electron chi connectivity index (χ2n) is 6.30. The molecule has 29 heavy (non-hydrogen) atoms. The van der Waals surface area contributed by atoms with Crippen molar-refractivity contribution in [3.8, 4) is 17.2 Å². The number of nitrogens with zero attached hydrogens (tertiary/aromatic N) is 1. The van der Waals surface area contributed by atoms with E-state index < -0.39 is 5.97 Å². The van der Waals surface area contributed by atoms with Crippen LogP contribution < -0.4 is 14.2 Å². The Hall–Kier alpha value is -2.80. The van der Waals surface area contributed by atoms with Gasteiger partial charge in [0.05, 0.1) is 25.3 Å². The maximum Gasteiger partial charge on any atom is 0.363 e. The van der Waals surface area contributed by atoms with Gasteiger partial charge in [0.1, 0.15) is 5.75 Å². The van der Waals surface area contributed by atoms with Crippen LogP contribution in [0.4, 0.5) is 0 Å². The van der Waals surface area contributed by atoms with Gasteiger partial charge in [-0.2, -0.15) is 0 Å². The highest BCUT2D eigenvalue weighted by Crippen LogP contribution is 2.37. The van der Waals surface area contributed by atoms with E-state index in [1.54, 1.807) is 50.6 Å². The van der Waals surface area contributed by atoms with E-state index in [0.717, 1.165) is 22.9 Å². The number of halogens is 1. The monoisotopic (exact) mass is 459 g/mol. The van der Waals surface area contributed by atoms with Crippen molar-refractivity contribution < 1.29 is 23.7 Å². The molecule has 0 fully saturated rings. The van der Waals surface area contributed by atoms with Gasteiger partial charge < -0.3 is 18.9 Å². The van der Waals surface area contributed by atoms with Crippen LogP contribution in [0.2, 0.25) is 0 Å². The van der Waals surface area contributed by atoms with Crippen molar-refractivity contribution in [1.29, 1.82) is 0 Å². The molecule has 152 valence electrons. The Morgan fingerprint density at radius 3 is 2.55 bits per heavy atom. The Labute approximate surface area is 178 Å². The summed E-state index contributed by atoms with van der Waals surface area (Å²) >= 11 is 3.52. The summed E-state index contributed by atoms with van der Waals surface area (Å²) in [6.45, 7) is 2.71. The Morgan fingerprint density at radius 2 is 1.90 bits per heavy atom. The molecular weight excluding hydrogens is 438 g/mol. The molecule has 6 nitrogen and oxygen atoms in total. The molecule has 0 saturated carbocycles.